The van der Waals surface area contributed by atoms with E-state index >= 15 is 0 Å². The van der Waals surface area contributed by atoms with Crippen LogP contribution < -0.4 is 10.5 Å². The minimum atomic E-state index is -3.42. The summed E-state index contributed by atoms with van der Waals surface area (Å²) in [7, 11) is -3.42. The second-order valence-corrected chi connectivity index (χ2v) is 6.84. The van der Waals surface area contributed by atoms with Gasteiger partial charge in [-0.3, -0.25) is 9.71 Å². The minimum Gasteiger partial charge on any atom is -0.398 e. The van der Waals surface area contributed by atoms with Gasteiger partial charge in [-0.25, -0.2) is 8.42 Å². The molecule has 112 valence electrons. The molecule has 1 aromatic heterocycles. The van der Waals surface area contributed by atoms with Crippen LogP contribution in [0.5, 0.6) is 0 Å². The fourth-order valence-corrected chi connectivity index (χ4v) is 3.26. The number of benzene rings is 1. The van der Waals surface area contributed by atoms with E-state index in [1.807, 2.05) is 32.0 Å². The first-order valence-corrected chi connectivity index (χ1v) is 8.29. The van der Waals surface area contributed by atoms with Crippen molar-refractivity contribution in [2.24, 2.45) is 0 Å². The van der Waals surface area contributed by atoms with Crippen LogP contribution in [0.25, 0.3) is 0 Å². The van der Waals surface area contributed by atoms with Crippen molar-refractivity contribution in [1.29, 1.82) is 0 Å². The number of nitrogens with one attached hydrogen (secondary N) is 1. The van der Waals surface area contributed by atoms with Crippen LogP contribution in [0.3, 0.4) is 0 Å². The molecular formula is C15H19N3O2S. The predicted octanol–water partition coefficient (Wildman–Crippen LogP) is 2.27. The van der Waals surface area contributed by atoms with Gasteiger partial charge in [-0.1, -0.05) is 6.07 Å². The maximum atomic E-state index is 12.2. The highest BCUT2D eigenvalue weighted by Gasteiger charge is 2.14. The predicted molar refractivity (Wildman–Crippen MR) is 85.7 cm³/mol. The molecule has 0 fully saturated rings. The van der Waals surface area contributed by atoms with E-state index in [4.69, 9.17) is 5.73 Å². The molecule has 6 heteroatoms. The number of sulfonamides is 1. The van der Waals surface area contributed by atoms with E-state index in [0.717, 1.165) is 16.7 Å². The second kappa shape index (κ2) is 6.13. The molecule has 1 aromatic carbocycles. The lowest BCUT2D eigenvalue weighted by atomic mass is 10.1. The van der Waals surface area contributed by atoms with Crippen molar-refractivity contribution in [3.05, 3.63) is 53.3 Å². The molecule has 1 heterocycles. The number of nitrogens with zero attached hydrogens (tertiary/aromatic N) is 1. The maximum absolute atomic E-state index is 12.2. The summed E-state index contributed by atoms with van der Waals surface area (Å²) >= 11 is 0. The van der Waals surface area contributed by atoms with Gasteiger partial charge >= 0.3 is 0 Å². The van der Waals surface area contributed by atoms with Gasteiger partial charge in [-0.2, -0.15) is 0 Å². The first-order valence-electron chi connectivity index (χ1n) is 6.64. The van der Waals surface area contributed by atoms with Crippen molar-refractivity contribution in [2.45, 2.75) is 20.3 Å². The summed E-state index contributed by atoms with van der Waals surface area (Å²) in [6.45, 7) is 3.66. The fraction of sp³-hybridized carbons (Fsp3) is 0.267. The van der Waals surface area contributed by atoms with Crippen LogP contribution in [0, 0.1) is 13.8 Å². The lowest BCUT2D eigenvalue weighted by molar-refractivity contribution is 0.600. The Bertz CT molecular complexity index is 728. The van der Waals surface area contributed by atoms with Crippen molar-refractivity contribution >= 4 is 21.4 Å². The molecule has 0 atom stereocenters. The van der Waals surface area contributed by atoms with E-state index < -0.39 is 10.0 Å². The number of hydrogen-bond donors (Lipinski definition) is 2. The van der Waals surface area contributed by atoms with Gasteiger partial charge in [0.25, 0.3) is 0 Å². The summed E-state index contributed by atoms with van der Waals surface area (Å²) in [6.07, 6.45) is 3.75. The molecule has 0 amide bonds. The Labute approximate surface area is 125 Å². The zero-order valence-corrected chi connectivity index (χ0v) is 12.9. The number of nitrogens with two attached hydrogens (primary N) is 1. The van der Waals surface area contributed by atoms with E-state index in [1.54, 1.807) is 18.5 Å². The monoisotopic (exact) mass is 305 g/mol. The SMILES string of the molecule is Cc1ccc(N)c(C)c1NS(=O)(=O)CCc1ccncc1. The Morgan fingerprint density at radius 1 is 1.14 bits per heavy atom. The molecule has 5 nitrogen and oxygen atoms in total. The number of pyridine rings is 1. The highest BCUT2D eigenvalue weighted by Crippen LogP contribution is 2.26. The van der Waals surface area contributed by atoms with Gasteiger partial charge in [0.1, 0.15) is 0 Å². The molecular weight excluding hydrogens is 286 g/mol. The smallest absolute Gasteiger partial charge is 0.233 e. The van der Waals surface area contributed by atoms with Crippen molar-refractivity contribution in [3.63, 3.8) is 0 Å². The summed E-state index contributed by atoms with van der Waals surface area (Å²) in [4.78, 5) is 3.91. The lowest BCUT2D eigenvalue weighted by Gasteiger charge is -2.14. The highest BCUT2D eigenvalue weighted by molar-refractivity contribution is 7.92. The Kier molecular flexibility index (Phi) is 4.47. The third-order valence-corrected chi connectivity index (χ3v) is 4.64. The second-order valence-electron chi connectivity index (χ2n) is 5.00. The number of rotatable bonds is 5. The molecule has 0 saturated carbocycles. The van der Waals surface area contributed by atoms with Gasteiger partial charge < -0.3 is 5.73 Å². The summed E-state index contributed by atoms with van der Waals surface area (Å²) in [6, 6.07) is 7.21. The van der Waals surface area contributed by atoms with Crippen LogP contribution in [-0.4, -0.2) is 19.2 Å². The van der Waals surface area contributed by atoms with Gasteiger partial charge in [-0.05, 0) is 55.2 Å². The number of anilines is 2. The van der Waals surface area contributed by atoms with Crippen LogP contribution in [-0.2, 0) is 16.4 Å². The minimum absolute atomic E-state index is 0.0185. The van der Waals surface area contributed by atoms with E-state index in [9.17, 15) is 8.42 Å². The summed E-state index contributed by atoms with van der Waals surface area (Å²) in [5.41, 5.74) is 9.53. The Morgan fingerprint density at radius 2 is 1.81 bits per heavy atom. The summed E-state index contributed by atoms with van der Waals surface area (Å²) < 4.78 is 27.1. The van der Waals surface area contributed by atoms with Crippen LogP contribution in [0.15, 0.2) is 36.7 Å². The number of aryl methyl sites for hydroxylation is 2. The van der Waals surface area contributed by atoms with Gasteiger partial charge in [0, 0.05) is 18.1 Å². The first kappa shape index (κ1) is 15.3. The normalized spacial score (nSPS) is 11.3. The van der Waals surface area contributed by atoms with Crippen molar-refractivity contribution in [2.75, 3.05) is 16.2 Å². The van der Waals surface area contributed by atoms with Crippen molar-refractivity contribution < 1.29 is 8.42 Å². The number of hydrogen-bond acceptors (Lipinski definition) is 4. The van der Waals surface area contributed by atoms with Crippen molar-refractivity contribution in [1.82, 2.24) is 4.98 Å². The van der Waals surface area contributed by atoms with Crippen LogP contribution >= 0.6 is 0 Å². The van der Waals surface area contributed by atoms with E-state index in [-0.39, 0.29) is 5.75 Å². The Balaban J connectivity index is 2.13. The van der Waals surface area contributed by atoms with Gasteiger partial charge in [0.05, 0.1) is 11.4 Å². The van der Waals surface area contributed by atoms with Gasteiger partial charge in [0.15, 0.2) is 0 Å². The molecule has 0 aliphatic carbocycles. The molecule has 0 aliphatic heterocycles. The number of nitrogen functional groups attached to an aromatic ring is 1. The molecule has 0 saturated heterocycles. The van der Waals surface area contributed by atoms with Crippen molar-refractivity contribution in [3.8, 4) is 0 Å². The zero-order chi connectivity index (χ0) is 15.5. The van der Waals surface area contributed by atoms with Crippen LogP contribution in [0.1, 0.15) is 16.7 Å². The summed E-state index contributed by atoms with van der Waals surface area (Å²) in [5, 5.41) is 0. The Morgan fingerprint density at radius 3 is 2.48 bits per heavy atom. The number of aromatic nitrogens is 1. The summed E-state index contributed by atoms with van der Waals surface area (Å²) in [5.74, 6) is 0.0185. The first-order chi connectivity index (χ1) is 9.89. The van der Waals surface area contributed by atoms with E-state index in [1.165, 1.54) is 0 Å². The zero-order valence-electron chi connectivity index (χ0n) is 12.1. The average molecular weight is 305 g/mol. The molecule has 0 spiro atoms. The molecule has 0 bridgehead atoms. The quantitative estimate of drug-likeness (QED) is 0.830. The molecule has 3 N–H and O–H groups in total. The third-order valence-electron chi connectivity index (χ3n) is 3.38. The van der Waals surface area contributed by atoms with Gasteiger partial charge in [0.2, 0.25) is 10.0 Å². The van der Waals surface area contributed by atoms with E-state index in [0.29, 0.717) is 17.8 Å². The van der Waals surface area contributed by atoms with Gasteiger partial charge in [-0.15, -0.1) is 0 Å². The molecule has 0 aliphatic rings. The third kappa shape index (κ3) is 3.95. The lowest BCUT2D eigenvalue weighted by Crippen LogP contribution is -2.19. The molecule has 0 radical (unpaired) electrons. The molecule has 2 rings (SSSR count). The van der Waals surface area contributed by atoms with E-state index in [2.05, 4.69) is 9.71 Å². The molecule has 21 heavy (non-hydrogen) atoms. The standard InChI is InChI=1S/C15H19N3O2S/c1-11-3-4-14(16)12(2)15(11)18-21(19,20)10-7-13-5-8-17-9-6-13/h3-6,8-9,18H,7,10,16H2,1-2H3. The molecule has 2 aromatic rings. The average Bonchev–Trinajstić information content (AvgIpc) is 2.47. The Hall–Kier alpha value is -2.08. The maximum Gasteiger partial charge on any atom is 0.233 e. The largest absolute Gasteiger partial charge is 0.398 e. The topological polar surface area (TPSA) is 85.1 Å². The van der Waals surface area contributed by atoms with Crippen LogP contribution in [0.4, 0.5) is 11.4 Å². The van der Waals surface area contributed by atoms with Crippen LogP contribution in [0.2, 0.25) is 0 Å². The highest BCUT2D eigenvalue weighted by atomic mass is 32.2. The molecule has 0 unspecified atom stereocenters. The fourth-order valence-electron chi connectivity index (χ4n) is 2.03.